The van der Waals surface area contributed by atoms with Crippen molar-refractivity contribution in [3.05, 3.63) is 29.8 Å². The third-order valence-electron chi connectivity index (χ3n) is 3.06. The fourth-order valence-electron chi connectivity index (χ4n) is 1.69. The minimum atomic E-state index is -1.02. The average molecular weight is 284 g/mol. The molecule has 0 heterocycles. The van der Waals surface area contributed by atoms with Gasteiger partial charge < -0.3 is 14.6 Å². The van der Waals surface area contributed by atoms with E-state index in [9.17, 15) is 9.90 Å². The zero-order valence-corrected chi connectivity index (χ0v) is 12.5. The van der Waals surface area contributed by atoms with E-state index in [1.54, 1.807) is 51.5 Å². The van der Waals surface area contributed by atoms with Gasteiger partial charge in [0.1, 0.15) is 16.6 Å². The molecule has 0 aliphatic rings. The van der Waals surface area contributed by atoms with Gasteiger partial charge in [-0.2, -0.15) is 0 Å². The van der Waals surface area contributed by atoms with Crippen LogP contribution in [-0.4, -0.2) is 35.8 Å². The number of carbonyl (C=O) groups excluding carboxylic acids is 1. The second-order valence-electron chi connectivity index (χ2n) is 4.21. The summed E-state index contributed by atoms with van der Waals surface area (Å²) in [5, 5.41) is 10.4. The largest absolute Gasteiger partial charge is 0.497 e. The minimum absolute atomic E-state index is 0.296. The SMILES string of the molecule is CCOC(=O)[C@@](C)(SC)[C@H](O)c1ccc(OC)cc1. The van der Waals surface area contributed by atoms with Crippen molar-refractivity contribution in [2.45, 2.75) is 24.7 Å². The van der Waals surface area contributed by atoms with Gasteiger partial charge in [0.15, 0.2) is 0 Å². The van der Waals surface area contributed by atoms with Crippen LogP contribution >= 0.6 is 11.8 Å². The van der Waals surface area contributed by atoms with Crippen LogP contribution in [0.25, 0.3) is 0 Å². The van der Waals surface area contributed by atoms with Gasteiger partial charge in [0.2, 0.25) is 0 Å². The van der Waals surface area contributed by atoms with E-state index in [2.05, 4.69) is 0 Å². The van der Waals surface area contributed by atoms with Crippen molar-refractivity contribution in [1.29, 1.82) is 0 Å². The Hall–Kier alpha value is -1.20. The van der Waals surface area contributed by atoms with E-state index < -0.39 is 16.8 Å². The van der Waals surface area contributed by atoms with E-state index in [4.69, 9.17) is 9.47 Å². The van der Waals surface area contributed by atoms with E-state index in [0.717, 1.165) is 0 Å². The van der Waals surface area contributed by atoms with Crippen LogP contribution in [0.4, 0.5) is 0 Å². The second-order valence-corrected chi connectivity index (χ2v) is 5.46. The third kappa shape index (κ3) is 3.42. The van der Waals surface area contributed by atoms with Gasteiger partial charge in [-0.1, -0.05) is 12.1 Å². The van der Waals surface area contributed by atoms with Gasteiger partial charge in [-0.3, -0.25) is 4.79 Å². The van der Waals surface area contributed by atoms with Crippen molar-refractivity contribution in [1.82, 2.24) is 0 Å². The molecule has 4 nitrogen and oxygen atoms in total. The summed E-state index contributed by atoms with van der Waals surface area (Å²) >= 11 is 1.28. The van der Waals surface area contributed by atoms with Crippen molar-refractivity contribution < 1.29 is 19.4 Å². The van der Waals surface area contributed by atoms with Crippen LogP contribution in [0.15, 0.2) is 24.3 Å². The Labute approximate surface area is 118 Å². The Morgan fingerprint density at radius 3 is 2.42 bits per heavy atom. The number of aliphatic hydroxyl groups excluding tert-OH is 1. The normalized spacial score (nSPS) is 15.4. The summed E-state index contributed by atoms with van der Waals surface area (Å²) in [6.07, 6.45) is 0.844. The molecule has 0 bridgehead atoms. The lowest BCUT2D eigenvalue weighted by atomic mass is 9.96. The smallest absolute Gasteiger partial charge is 0.324 e. The Morgan fingerprint density at radius 2 is 2.00 bits per heavy atom. The van der Waals surface area contributed by atoms with Crippen LogP contribution in [-0.2, 0) is 9.53 Å². The van der Waals surface area contributed by atoms with E-state index in [1.807, 2.05) is 0 Å². The highest BCUT2D eigenvalue weighted by molar-refractivity contribution is 8.00. The van der Waals surface area contributed by atoms with E-state index in [-0.39, 0.29) is 0 Å². The average Bonchev–Trinajstić information content (AvgIpc) is 2.46. The lowest BCUT2D eigenvalue weighted by molar-refractivity contribution is -0.148. The molecule has 0 amide bonds. The molecule has 106 valence electrons. The Kier molecular flexibility index (Phi) is 5.69. The van der Waals surface area contributed by atoms with Crippen LogP contribution in [0.1, 0.15) is 25.5 Å². The first kappa shape index (κ1) is 15.9. The molecule has 1 aromatic carbocycles. The first-order valence-corrected chi connectivity index (χ1v) is 7.26. The van der Waals surface area contributed by atoms with Crippen LogP contribution in [0, 0.1) is 0 Å². The van der Waals surface area contributed by atoms with Crippen molar-refractivity contribution >= 4 is 17.7 Å². The maximum atomic E-state index is 12.0. The molecule has 2 atom stereocenters. The second kappa shape index (κ2) is 6.82. The van der Waals surface area contributed by atoms with Gasteiger partial charge in [-0.15, -0.1) is 11.8 Å². The molecular formula is C14H20O4S. The van der Waals surface area contributed by atoms with Crippen LogP contribution in [0.3, 0.4) is 0 Å². The van der Waals surface area contributed by atoms with Gasteiger partial charge >= 0.3 is 5.97 Å². The molecule has 0 aliphatic carbocycles. The summed E-state index contributed by atoms with van der Waals surface area (Å²) in [6, 6.07) is 7.00. The standard InChI is InChI=1S/C14H20O4S/c1-5-18-13(16)14(2,19-4)12(15)10-6-8-11(17-3)9-7-10/h6-9,12,15H,5H2,1-4H3/t12-,14+/m1/s1. The lowest BCUT2D eigenvalue weighted by Crippen LogP contribution is -2.39. The molecule has 0 fully saturated rings. The number of hydrogen-bond donors (Lipinski definition) is 1. The van der Waals surface area contributed by atoms with Crippen LogP contribution in [0.2, 0.25) is 0 Å². The molecule has 1 aromatic rings. The zero-order chi connectivity index (χ0) is 14.5. The summed E-state index contributed by atoms with van der Waals surface area (Å²) in [7, 11) is 1.58. The predicted molar refractivity (Wildman–Crippen MR) is 76.5 cm³/mol. The molecule has 1 N–H and O–H groups in total. The molecule has 0 unspecified atom stereocenters. The van der Waals surface area contributed by atoms with Crippen molar-refractivity contribution in [2.75, 3.05) is 20.0 Å². The Balaban J connectivity index is 2.99. The van der Waals surface area contributed by atoms with Crippen LogP contribution < -0.4 is 4.74 Å². The minimum Gasteiger partial charge on any atom is -0.497 e. The van der Waals surface area contributed by atoms with Gasteiger partial charge in [0.25, 0.3) is 0 Å². The Morgan fingerprint density at radius 1 is 1.42 bits per heavy atom. The van der Waals surface area contributed by atoms with Gasteiger partial charge in [0, 0.05) is 0 Å². The first-order chi connectivity index (χ1) is 8.99. The molecule has 0 saturated heterocycles. The number of hydrogen-bond acceptors (Lipinski definition) is 5. The number of methoxy groups -OCH3 is 1. The van der Waals surface area contributed by atoms with Crippen molar-refractivity contribution in [2.24, 2.45) is 0 Å². The summed E-state index contributed by atoms with van der Waals surface area (Å²) < 4.78 is 9.09. The van der Waals surface area contributed by atoms with Gasteiger partial charge in [-0.25, -0.2) is 0 Å². The fourth-order valence-corrected chi connectivity index (χ4v) is 2.27. The third-order valence-corrected chi connectivity index (χ3v) is 4.30. The first-order valence-electron chi connectivity index (χ1n) is 6.04. The van der Waals surface area contributed by atoms with E-state index in [1.165, 1.54) is 11.8 Å². The molecule has 0 radical (unpaired) electrons. The number of benzene rings is 1. The number of thioether (sulfide) groups is 1. The summed E-state index contributed by atoms with van der Waals surface area (Å²) in [6.45, 7) is 3.73. The quantitative estimate of drug-likeness (QED) is 0.813. The fraction of sp³-hybridized carbons (Fsp3) is 0.500. The summed E-state index contributed by atoms with van der Waals surface area (Å²) in [5.41, 5.74) is 0.658. The highest BCUT2D eigenvalue weighted by Gasteiger charge is 2.42. The molecular weight excluding hydrogens is 264 g/mol. The van der Waals surface area contributed by atoms with Crippen LogP contribution in [0.5, 0.6) is 5.75 Å². The predicted octanol–water partition coefficient (Wildman–Crippen LogP) is 2.41. The number of ether oxygens (including phenoxy) is 2. The molecule has 0 aliphatic heterocycles. The van der Waals surface area contributed by atoms with Gasteiger partial charge in [-0.05, 0) is 37.8 Å². The molecule has 0 aromatic heterocycles. The summed E-state index contributed by atoms with van der Waals surface area (Å²) in [5.74, 6) is 0.295. The molecule has 5 heteroatoms. The monoisotopic (exact) mass is 284 g/mol. The van der Waals surface area contributed by atoms with E-state index >= 15 is 0 Å². The molecule has 0 saturated carbocycles. The molecule has 19 heavy (non-hydrogen) atoms. The maximum absolute atomic E-state index is 12.0. The topological polar surface area (TPSA) is 55.8 Å². The molecule has 1 rings (SSSR count). The maximum Gasteiger partial charge on any atom is 0.324 e. The highest BCUT2D eigenvalue weighted by Crippen LogP contribution is 2.37. The lowest BCUT2D eigenvalue weighted by Gasteiger charge is -2.30. The van der Waals surface area contributed by atoms with Crippen molar-refractivity contribution in [3.8, 4) is 5.75 Å². The number of aliphatic hydroxyl groups is 1. The molecule has 0 spiro atoms. The number of esters is 1. The Bertz CT molecular complexity index is 418. The van der Waals surface area contributed by atoms with Crippen molar-refractivity contribution in [3.63, 3.8) is 0 Å². The summed E-state index contributed by atoms with van der Waals surface area (Å²) in [4.78, 5) is 12.0. The van der Waals surface area contributed by atoms with Gasteiger partial charge in [0.05, 0.1) is 13.7 Å². The number of rotatable bonds is 6. The zero-order valence-electron chi connectivity index (χ0n) is 11.7. The number of carbonyl (C=O) groups is 1. The van der Waals surface area contributed by atoms with E-state index in [0.29, 0.717) is 17.9 Å². The highest BCUT2D eigenvalue weighted by atomic mass is 32.2.